The van der Waals surface area contributed by atoms with E-state index in [9.17, 15) is 0 Å². The van der Waals surface area contributed by atoms with Gasteiger partial charge in [0, 0.05) is 16.7 Å². The third-order valence-corrected chi connectivity index (χ3v) is 4.32. The summed E-state index contributed by atoms with van der Waals surface area (Å²) in [7, 11) is 0. The molecule has 0 bridgehead atoms. The maximum Gasteiger partial charge on any atom is 0.0161 e. The molecule has 0 aliphatic heterocycles. The van der Waals surface area contributed by atoms with Crippen molar-refractivity contribution in [2.45, 2.75) is 32.7 Å². The summed E-state index contributed by atoms with van der Waals surface area (Å²) in [6, 6.07) is 5.06. The molecule has 0 aliphatic rings. The second-order valence-corrected chi connectivity index (χ2v) is 5.88. The van der Waals surface area contributed by atoms with Crippen LogP contribution in [0.3, 0.4) is 0 Å². The predicted octanol–water partition coefficient (Wildman–Crippen LogP) is 3.41. The summed E-state index contributed by atoms with van der Waals surface area (Å²) >= 11 is 3.91. The number of aryl methyl sites for hydroxylation is 1. The van der Waals surface area contributed by atoms with Crippen LogP contribution in [0.25, 0.3) is 0 Å². The SMILES string of the molecule is CCNC(CCc1cccs1)CSCC. The monoisotopic (exact) mass is 243 g/mol. The van der Waals surface area contributed by atoms with E-state index in [1.54, 1.807) is 0 Å². The zero-order valence-corrected chi connectivity index (χ0v) is 11.3. The van der Waals surface area contributed by atoms with Gasteiger partial charge in [0.05, 0.1) is 0 Å². The highest BCUT2D eigenvalue weighted by Crippen LogP contribution is 2.14. The number of thiophene rings is 1. The van der Waals surface area contributed by atoms with Crippen LogP contribution in [0.2, 0.25) is 0 Å². The minimum absolute atomic E-state index is 0.682. The molecule has 0 aromatic carbocycles. The zero-order valence-electron chi connectivity index (χ0n) is 9.66. The molecule has 1 aromatic rings. The van der Waals surface area contributed by atoms with Crippen LogP contribution in [0.15, 0.2) is 17.5 Å². The lowest BCUT2D eigenvalue weighted by Gasteiger charge is -2.16. The summed E-state index contributed by atoms with van der Waals surface area (Å²) in [4.78, 5) is 1.51. The molecule has 1 heterocycles. The Hall–Kier alpha value is 0.01000. The molecule has 0 aliphatic carbocycles. The van der Waals surface area contributed by atoms with Crippen LogP contribution in [0.1, 0.15) is 25.1 Å². The van der Waals surface area contributed by atoms with Crippen LogP contribution in [-0.2, 0) is 6.42 Å². The standard InChI is InChI=1S/C12H21NS2/c1-3-13-11(10-14-4-2)7-8-12-6-5-9-15-12/h5-6,9,11,13H,3-4,7-8,10H2,1-2H3. The molecule has 0 fully saturated rings. The van der Waals surface area contributed by atoms with E-state index < -0.39 is 0 Å². The summed E-state index contributed by atoms with van der Waals surface area (Å²) < 4.78 is 0. The summed E-state index contributed by atoms with van der Waals surface area (Å²) in [5, 5.41) is 5.73. The second-order valence-electron chi connectivity index (χ2n) is 3.53. The Morgan fingerprint density at radius 2 is 2.33 bits per heavy atom. The summed E-state index contributed by atoms with van der Waals surface area (Å²) in [6.45, 7) is 5.50. The van der Waals surface area contributed by atoms with E-state index in [1.165, 1.54) is 29.2 Å². The summed E-state index contributed by atoms with van der Waals surface area (Å²) in [6.07, 6.45) is 2.49. The Morgan fingerprint density at radius 1 is 1.47 bits per heavy atom. The lowest BCUT2D eigenvalue weighted by molar-refractivity contribution is 0.539. The van der Waals surface area contributed by atoms with Gasteiger partial charge in [0.15, 0.2) is 0 Å². The number of hydrogen-bond acceptors (Lipinski definition) is 3. The van der Waals surface area contributed by atoms with Crippen LogP contribution >= 0.6 is 23.1 Å². The normalized spacial score (nSPS) is 12.9. The second kappa shape index (κ2) is 8.20. The Bertz CT molecular complexity index is 234. The van der Waals surface area contributed by atoms with E-state index >= 15 is 0 Å². The van der Waals surface area contributed by atoms with Crippen molar-refractivity contribution in [1.82, 2.24) is 5.32 Å². The predicted molar refractivity (Wildman–Crippen MR) is 73.1 cm³/mol. The van der Waals surface area contributed by atoms with Gasteiger partial charge in [0.2, 0.25) is 0 Å². The maximum atomic E-state index is 3.56. The largest absolute Gasteiger partial charge is 0.313 e. The fraction of sp³-hybridized carbons (Fsp3) is 0.667. The van der Waals surface area contributed by atoms with Crippen LogP contribution in [-0.4, -0.2) is 24.1 Å². The summed E-state index contributed by atoms with van der Waals surface area (Å²) in [5.41, 5.74) is 0. The van der Waals surface area contributed by atoms with Crippen LogP contribution < -0.4 is 5.32 Å². The molecule has 1 N–H and O–H groups in total. The fourth-order valence-electron chi connectivity index (χ4n) is 1.56. The van der Waals surface area contributed by atoms with E-state index in [-0.39, 0.29) is 0 Å². The van der Waals surface area contributed by atoms with Gasteiger partial charge in [-0.1, -0.05) is 19.9 Å². The Morgan fingerprint density at radius 3 is 2.93 bits per heavy atom. The van der Waals surface area contributed by atoms with Crippen LogP contribution in [0.5, 0.6) is 0 Å². The molecule has 3 heteroatoms. The van der Waals surface area contributed by atoms with E-state index in [2.05, 4.69) is 36.7 Å². The topological polar surface area (TPSA) is 12.0 Å². The van der Waals surface area contributed by atoms with Gasteiger partial charge in [-0.25, -0.2) is 0 Å². The van der Waals surface area contributed by atoms with Crippen molar-refractivity contribution in [2.24, 2.45) is 0 Å². The maximum absolute atomic E-state index is 3.56. The third-order valence-electron chi connectivity index (χ3n) is 2.34. The molecule has 15 heavy (non-hydrogen) atoms. The molecule has 0 radical (unpaired) electrons. The molecule has 1 unspecified atom stereocenters. The van der Waals surface area contributed by atoms with E-state index in [0.29, 0.717) is 6.04 Å². The first-order valence-electron chi connectivity index (χ1n) is 5.70. The third kappa shape index (κ3) is 5.59. The van der Waals surface area contributed by atoms with Crippen molar-refractivity contribution in [3.63, 3.8) is 0 Å². The van der Waals surface area contributed by atoms with Gasteiger partial charge in [-0.2, -0.15) is 11.8 Å². The average molecular weight is 243 g/mol. The van der Waals surface area contributed by atoms with Gasteiger partial charge in [-0.3, -0.25) is 0 Å². The highest BCUT2D eigenvalue weighted by molar-refractivity contribution is 7.99. The van der Waals surface area contributed by atoms with Gasteiger partial charge in [-0.15, -0.1) is 11.3 Å². The molecule has 1 nitrogen and oxygen atoms in total. The van der Waals surface area contributed by atoms with Gasteiger partial charge in [0.25, 0.3) is 0 Å². The van der Waals surface area contributed by atoms with Gasteiger partial charge >= 0.3 is 0 Å². The molecule has 0 saturated carbocycles. The van der Waals surface area contributed by atoms with Crippen molar-refractivity contribution in [3.05, 3.63) is 22.4 Å². The number of hydrogen-bond donors (Lipinski definition) is 1. The number of nitrogens with one attached hydrogen (secondary N) is 1. The van der Waals surface area contributed by atoms with Gasteiger partial charge in [0.1, 0.15) is 0 Å². The fourth-order valence-corrected chi connectivity index (χ4v) is 3.09. The first kappa shape index (κ1) is 13.1. The molecule has 86 valence electrons. The van der Waals surface area contributed by atoms with E-state index in [4.69, 9.17) is 0 Å². The smallest absolute Gasteiger partial charge is 0.0161 e. The lowest BCUT2D eigenvalue weighted by Crippen LogP contribution is -2.31. The molecule has 1 aromatic heterocycles. The molecule has 0 saturated heterocycles. The molecule has 1 rings (SSSR count). The Balaban J connectivity index is 2.24. The quantitative estimate of drug-likeness (QED) is 0.751. The molecular weight excluding hydrogens is 222 g/mol. The molecular formula is C12H21NS2. The van der Waals surface area contributed by atoms with Crippen molar-refractivity contribution >= 4 is 23.1 Å². The summed E-state index contributed by atoms with van der Waals surface area (Å²) in [5.74, 6) is 2.47. The van der Waals surface area contributed by atoms with Crippen molar-refractivity contribution in [2.75, 3.05) is 18.1 Å². The van der Waals surface area contributed by atoms with Crippen LogP contribution in [0.4, 0.5) is 0 Å². The first-order chi connectivity index (χ1) is 7.36. The van der Waals surface area contributed by atoms with Gasteiger partial charge in [-0.05, 0) is 36.6 Å². The van der Waals surface area contributed by atoms with Crippen molar-refractivity contribution in [3.8, 4) is 0 Å². The van der Waals surface area contributed by atoms with E-state index in [0.717, 1.165) is 6.54 Å². The first-order valence-corrected chi connectivity index (χ1v) is 7.73. The zero-order chi connectivity index (χ0) is 10.9. The molecule has 0 amide bonds. The molecule has 1 atom stereocenters. The minimum Gasteiger partial charge on any atom is -0.313 e. The highest BCUT2D eigenvalue weighted by atomic mass is 32.2. The Labute approximate surface area is 102 Å². The van der Waals surface area contributed by atoms with Gasteiger partial charge < -0.3 is 5.32 Å². The Kier molecular flexibility index (Phi) is 7.14. The highest BCUT2D eigenvalue weighted by Gasteiger charge is 2.07. The van der Waals surface area contributed by atoms with Crippen molar-refractivity contribution in [1.29, 1.82) is 0 Å². The minimum atomic E-state index is 0.682. The average Bonchev–Trinajstić information content (AvgIpc) is 2.75. The number of thioether (sulfide) groups is 1. The van der Waals surface area contributed by atoms with Crippen LogP contribution in [0, 0.1) is 0 Å². The molecule has 0 spiro atoms. The number of rotatable bonds is 8. The van der Waals surface area contributed by atoms with E-state index in [1.807, 2.05) is 23.1 Å². The van der Waals surface area contributed by atoms with Crippen molar-refractivity contribution < 1.29 is 0 Å². The lowest BCUT2D eigenvalue weighted by atomic mass is 10.1.